The molecule has 2 N–H and O–H groups in total. The van der Waals surface area contributed by atoms with Crippen LogP contribution in [0.25, 0.3) is 0 Å². The van der Waals surface area contributed by atoms with Gasteiger partial charge in [0.2, 0.25) is 5.75 Å². The minimum absolute atomic E-state index is 0.000965. The van der Waals surface area contributed by atoms with Crippen LogP contribution in [0.1, 0.15) is 11.3 Å². The molecule has 0 atom stereocenters. The first kappa shape index (κ1) is 18.5. The van der Waals surface area contributed by atoms with E-state index in [2.05, 4.69) is 20.9 Å². The van der Waals surface area contributed by atoms with Crippen LogP contribution < -0.4 is 14.8 Å². The van der Waals surface area contributed by atoms with Gasteiger partial charge in [-0.3, -0.25) is 4.99 Å². The number of hydrogen-bond donors (Lipinski definition) is 2. The Labute approximate surface area is 148 Å². The monoisotopic (exact) mass is 346 g/mol. The number of ether oxygens (including phenoxy) is 2. The van der Waals surface area contributed by atoms with Crippen molar-refractivity contribution >= 4 is 5.96 Å². The van der Waals surface area contributed by atoms with E-state index in [4.69, 9.17) is 9.47 Å². The van der Waals surface area contributed by atoms with Crippen LogP contribution in [0.5, 0.6) is 17.2 Å². The SMILES string of the molecule is CN=C(NCc1cc(OC)c(O)c(OC)c1)N(C)Cc1cccn1C. The average Bonchev–Trinajstić information content (AvgIpc) is 3.01. The standard InChI is InChI=1S/C18H26N4O3/c1-19-18(22(3)12-14-7-6-8-21(14)2)20-11-13-9-15(24-4)17(23)16(10-13)25-5/h6-10,23H,11-12H2,1-5H3,(H,19,20). The molecule has 0 radical (unpaired) electrons. The van der Waals surface area contributed by atoms with Crippen molar-refractivity contribution in [2.24, 2.45) is 12.0 Å². The quantitative estimate of drug-likeness (QED) is 0.618. The topological polar surface area (TPSA) is 71.2 Å². The molecule has 2 rings (SSSR count). The van der Waals surface area contributed by atoms with Crippen molar-refractivity contribution in [1.82, 2.24) is 14.8 Å². The van der Waals surface area contributed by atoms with E-state index in [0.29, 0.717) is 18.0 Å². The van der Waals surface area contributed by atoms with E-state index in [0.717, 1.165) is 18.1 Å². The van der Waals surface area contributed by atoms with Crippen molar-refractivity contribution in [1.29, 1.82) is 0 Å². The van der Waals surface area contributed by atoms with Crippen LogP contribution in [0.4, 0.5) is 0 Å². The number of aromatic hydroxyl groups is 1. The van der Waals surface area contributed by atoms with Crippen molar-refractivity contribution in [3.05, 3.63) is 41.7 Å². The van der Waals surface area contributed by atoms with Gasteiger partial charge in [0.15, 0.2) is 17.5 Å². The Morgan fingerprint density at radius 1 is 1.28 bits per heavy atom. The number of aryl methyl sites for hydroxylation is 1. The largest absolute Gasteiger partial charge is 0.502 e. The second-order valence-corrected chi connectivity index (χ2v) is 5.72. The maximum Gasteiger partial charge on any atom is 0.200 e. The first-order valence-corrected chi connectivity index (χ1v) is 7.96. The summed E-state index contributed by atoms with van der Waals surface area (Å²) in [6, 6.07) is 7.65. The number of phenols is 1. The lowest BCUT2D eigenvalue weighted by Gasteiger charge is -2.22. The fourth-order valence-electron chi connectivity index (χ4n) is 2.59. The normalized spacial score (nSPS) is 11.3. The lowest BCUT2D eigenvalue weighted by Crippen LogP contribution is -2.38. The highest BCUT2D eigenvalue weighted by Gasteiger charge is 2.13. The van der Waals surface area contributed by atoms with Gasteiger partial charge in [-0.2, -0.15) is 0 Å². The Balaban J connectivity index is 2.07. The van der Waals surface area contributed by atoms with Gasteiger partial charge in [-0.1, -0.05) is 0 Å². The fourth-order valence-corrected chi connectivity index (χ4v) is 2.59. The third-order valence-electron chi connectivity index (χ3n) is 4.01. The Kier molecular flexibility index (Phi) is 6.16. The van der Waals surface area contributed by atoms with E-state index in [1.165, 1.54) is 19.9 Å². The van der Waals surface area contributed by atoms with Crippen LogP contribution in [0.2, 0.25) is 0 Å². The fraction of sp³-hybridized carbons (Fsp3) is 0.389. The highest BCUT2D eigenvalue weighted by Crippen LogP contribution is 2.36. The molecule has 25 heavy (non-hydrogen) atoms. The highest BCUT2D eigenvalue weighted by atomic mass is 16.5. The molecule has 0 spiro atoms. The Morgan fingerprint density at radius 3 is 2.40 bits per heavy atom. The molecule has 2 aromatic rings. The summed E-state index contributed by atoms with van der Waals surface area (Å²) in [5, 5.41) is 13.3. The predicted molar refractivity (Wildman–Crippen MR) is 98.3 cm³/mol. The molecule has 1 heterocycles. The Bertz CT molecular complexity index is 715. The Morgan fingerprint density at radius 2 is 1.92 bits per heavy atom. The van der Waals surface area contributed by atoms with Gasteiger partial charge in [-0.15, -0.1) is 0 Å². The summed E-state index contributed by atoms with van der Waals surface area (Å²) in [6.45, 7) is 1.27. The molecule has 0 amide bonds. The summed E-state index contributed by atoms with van der Waals surface area (Å²) in [5.41, 5.74) is 2.11. The number of hydrogen-bond acceptors (Lipinski definition) is 4. The lowest BCUT2D eigenvalue weighted by atomic mass is 10.2. The smallest absolute Gasteiger partial charge is 0.200 e. The molecule has 0 fully saturated rings. The summed E-state index contributed by atoms with van der Waals surface area (Å²) in [4.78, 5) is 6.37. The molecule has 0 aliphatic rings. The predicted octanol–water partition coefficient (Wildman–Crippen LogP) is 1.96. The van der Waals surface area contributed by atoms with E-state index < -0.39 is 0 Å². The van der Waals surface area contributed by atoms with Crippen LogP contribution in [0.15, 0.2) is 35.5 Å². The van der Waals surface area contributed by atoms with Gasteiger partial charge in [0.25, 0.3) is 0 Å². The third-order valence-corrected chi connectivity index (χ3v) is 4.01. The number of aromatic nitrogens is 1. The highest BCUT2D eigenvalue weighted by molar-refractivity contribution is 5.79. The first-order chi connectivity index (χ1) is 12.0. The number of guanidine groups is 1. The molecule has 0 unspecified atom stereocenters. The molecule has 0 aliphatic heterocycles. The summed E-state index contributed by atoms with van der Waals surface area (Å²) < 4.78 is 12.5. The first-order valence-electron chi connectivity index (χ1n) is 7.96. The van der Waals surface area contributed by atoms with Crippen LogP contribution in [-0.4, -0.2) is 48.8 Å². The second-order valence-electron chi connectivity index (χ2n) is 5.72. The maximum atomic E-state index is 9.99. The molecule has 7 nitrogen and oxygen atoms in total. The van der Waals surface area contributed by atoms with Gasteiger partial charge in [0.05, 0.1) is 20.8 Å². The number of phenolic OH excluding ortho intramolecular Hbond substituents is 1. The number of rotatable bonds is 6. The van der Waals surface area contributed by atoms with Crippen molar-refractivity contribution in [2.75, 3.05) is 28.3 Å². The molecule has 0 aliphatic carbocycles. The summed E-state index contributed by atoms with van der Waals surface area (Å²) in [6.07, 6.45) is 2.02. The molecule has 0 saturated carbocycles. The van der Waals surface area contributed by atoms with Crippen molar-refractivity contribution in [2.45, 2.75) is 13.1 Å². The zero-order valence-corrected chi connectivity index (χ0v) is 15.4. The van der Waals surface area contributed by atoms with Crippen molar-refractivity contribution in [3.63, 3.8) is 0 Å². The molecule has 0 bridgehead atoms. The van der Waals surface area contributed by atoms with Crippen LogP contribution >= 0.6 is 0 Å². The van der Waals surface area contributed by atoms with Gasteiger partial charge < -0.3 is 29.4 Å². The maximum absolute atomic E-state index is 9.99. The summed E-state index contributed by atoms with van der Waals surface area (Å²) >= 11 is 0. The van der Waals surface area contributed by atoms with Gasteiger partial charge in [-0.25, -0.2) is 0 Å². The zero-order valence-electron chi connectivity index (χ0n) is 15.4. The summed E-state index contributed by atoms with van der Waals surface area (Å²) in [7, 11) is 8.78. The number of nitrogens with zero attached hydrogens (tertiary/aromatic N) is 3. The van der Waals surface area contributed by atoms with Gasteiger partial charge in [0.1, 0.15) is 0 Å². The third kappa shape index (κ3) is 4.37. The van der Waals surface area contributed by atoms with Crippen LogP contribution in [-0.2, 0) is 20.1 Å². The molecule has 136 valence electrons. The van der Waals surface area contributed by atoms with Crippen molar-refractivity contribution < 1.29 is 14.6 Å². The Hall–Kier alpha value is -2.83. The number of benzene rings is 1. The van der Waals surface area contributed by atoms with E-state index in [1.807, 2.05) is 31.3 Å². The molecule has 1 aromatic carbocycles. The molecule has 0 saturated heterocycles. The van der Waals surface area contributed by atoms with E-state index >= 15 is 0 Å². The molecular formula is C18H26N4O3. The van der Waals surface area contributed by atoms with Gasteiger partial charge in [-0.05, 0) is 29.8 Å². The van der Waals surface area contributed by atoms with Crippen LogP contribution in [0, 0.1) is 0 Å². The minimum atomic E-state index is -0.000965. The molecule has 7 heteroatoms. The minimum Gasteiger partial charge on any atom is -0.502 e. The number of nitrogens with one attached hydrogen (secondary N) is 1. The zero-order chi connectivity index (χ0) is 18.4. The van der Waals surface area contributed by atoms with E-state index in [9.17, 15) is 5.11 Å². The molecular weight excluding hydrogens is 320 g/mol. The van der Waals surface area contributed by atoms with Gasteiger partial charge >= 0.3 is 0 Å². The number of aliphatic imine (C=N–C) groups is 1. The van der Waals surface area contributed by atoms with Crippen molar-refractivity contribution in [3.8, 4) is 17.2 Å². The average molecular weight is 346 g/mol. The lowest BCUT2D eigenvalue weighted by molar-refractivity contribution is 0.339. The van der Waals surface area contributed by atoms with E-state index in [1.54, 1.807) is 19.2 Å². The van der Waals surface area contributed by atoms with E-state index in [-0.39, 0.29) is 5.75 Å². The second kappa shape index (κ2) is 8.32. The van der Waals surface area contributed by atoms with Gasteiger partial charge in [0, 0.05) is 39.6 Å². The number of methoxy groups -OCH3 is 2. The summed E-state index contributed by atoms with van der Waals surface area (Å²) in [5.74, 6) is 1.53. The van der Waals surface area contributed by atoms with Crippen LogP contribution in [0.3, 0.4) is 0 Å². The molecule has 1 aromatic heterocycles.